The molecule has 1 aliphatic heterocycles. The van der Waals surface area contributed by atoms with Crippen molar-refractivity contribution in [2.75, 3.05) is 18.0 Å². The van der Waals surface area contributed by atoms with E-state index in [1.54, 1.807) is 4.90 Å². The van der Waals surface area contributed by atoms with Gasteiger partial charge in [-0.3, -0.25) is 4.79 Å². The number of carbonyl (C=O) groups excluding carboxylic acids is 1. The number of halogens is 3. The van der Waals surface area contributed by atoms with E-state index in [9.17, 15) is 18.0 Å². The van der Waals surface area contributed by atoms with Gasteiger partial charge in [-0.05, 0) is 30.5 Å². The maximum absolute atomic E-state index is 13.0. The Morgan fingerprint density at radius 2 is 2.14 bits per heavy atom. The largest absolute Gasteiger partial charge is 0.416 e. The fraction of sp³-hybridized carbons (Fsp3) is 0.500. The highest BCUT2D eigenvalue weighted by Gasteiger charge is 2.34. The molecule has 0 aromatic heterocycles. The maximum atomic E-state index is 13.0. The van der Waals surface area contributed by atoms with Gasteiger partial charge in [-0.15, -0.1) is 0 Å². The van der Waals surface area contributed by atoms with Crippen molar-refractivity contribution in [3.8, 4) is 0 Å². The summed E-state index contributed by atoms with van der Waals surface area (Å²) in [5.41, 5.74) is 4.67. The average molecular weight is 302 g/mol. The number of alkyl halides is 3. The van der Waals surface area contributed by atoms with Gasteiger partial charge in [0.25, 0.3) is 0 Å². The van der Waals surface area contributed by atoms with Gasteiger partial charge < -0.3 is 15.7 Å². The minimum atomic E-state index is -4.52. The van der Waals surface area contributed by atoms with E-state index in [1.807, 2.05) is 0 Å². The van der Waals surface area contributed by atoms with Crippen LogP contribution in [0.3, 0.4) is 0 Å². The Kier molecular flexibility index (Phi) is 4.41. The molecule has 0 aliphatic carbocycles. The molecule has 4 nitrogen and oxygen atoms in total. The number of rotatable bonds is 3. The van der Waals surface area contributed by atoms with Crippen LogP contribution in [-0.2, 0) is 17.6 Å². The molecule has 7 heteroatoms. The number of anilines is 1. The van der Waals surface area contributed by atoms with Crippen molar-refractivity contribution in [2.24, 2.45) is 11.7 Å². The normalized spacial score (nSPS) is 19.6. The summed E-state index contributed by atoms with van der Waals surface area (Å²) in [4.78, 5) is 13.0. The Morgan fingerprint density at radius 1 is 1.43 bits per heavy atom. The molecule has 1 aromatic rings. The molecule has 116 valence electrons. The Morgan fingerprint density at radius 3 is 2.71 bits per heavy atom. The first-order chi connectivity index (χ1) is 9.82. The van der Waals surface area contributed by atoms with Crippen LogP contribution in [0.1, 0.15) is 24.0 Å². The molecule has 1 aliphatic rings. The molecule has 21 heavy (non-hydrogen) atoms. The molecule has 0 radical (unpaired) electrons. The van der Waals surface area contributed by atoms with E-state index in [0.717, 1.165) is 6.07 Å². The second-order valence-corrected chi connectivity index (χ2v) is 5.18. The Bertz CT molecular complexity index is 531. The van der Waals surface area contributed by atoms with Gasteiger partial charge >= 0.3 is 6.18 Å². The number of aliphatic hydroxyl groups is 1. The molecule has 0 saturated carbocycles. The van der Waals surface area contributed by atoms with Crippen molar-refractivity contribution in [3.05, 3.63) is 29.3 Å². The summed E-state index contributed by atoms with van der Waals surface area (Å²) in [7, 11) is 0. The molecular weight excluding hydrogens is 285 g/mol. The summed E-state index contributed by atoms with van der Waals surface area (Å²) in [5.74, 6) is -0.770. The quantitative estimate of drug-likeness (QED) is 0.896. The van der Waals surface area contributed by atoms with Crippen LogP contribution in [0, 0.1) is 5.92 Å². The van der Waals surface area contributed by atoms with Crippen molar-refractivity contribution >= 4 is 11.6 Å². The first-order valence-corrected chi connectivity index (χ1v) is 6.68. The van der Waals surface area contributed by atoms with Gasteiger partial charge in [-0.2, -0.15) is 13.2 Å². The molecule has 0 unspecified atom stereocenters. The number of primary amides is 1. The minimum absolute atomic E-state index is 0.158. The molecule has 1 atom stereocenters. The fourth-order valence-electron chi connectivity index (χ4n) is 2.61. The third-order valence-electron chi connectivity index (χ3n) is 3.76. The summed E-state index contributed by atoms with van der Waals surface area (Å²) in [5, 5.41) is 9.02. The highest BCUT2D eigenvalue weighted by Crippen LogP contribution is 2.35. The van der Waals surface area contributed by atoms with Gasteiger partial charge in [0.1, 0.15) is 0 Å². The van der Waals surface area contributed by atoms with E-state index in [1.165, 1.54) is 12.1 Å². The van der Waals surface area contributed by atoms with Crippen molar-refractivity contribution in [3.63, 3.8) is 0 Å². The summed E-state index contributed by atoms with van der Waals surface area (Å²) >= 11 is 0. The van der Waals surface area contributed by atoms with Gasteiger partial charge in [0.15, 0.2) is 0 Å². The Balaban J connectivity index is 2.30. The second-order valence-electron chi connectivity index (χ2n) is 5.18. The van der Waals surface area contributed by atoms with E-state index in [0.29, 0.717) is 31.6 Å². The molecule has 1 heterocycles. The third-order valence-corrected chi connectivity index (χ3v) is 3.76. The monoisotopic (exact) mass is 302 g/mol. The molecule has 1 aromatic carbocycles. The number of piperidine rings is 1. The predicted octanol–water partition coefficient (Wildman–Crippen LogP) is 1.90. The maximum Gasteiger partial charge on any atom is 0.416 e. The molecule has 1 saturated heterocycles. The van der Waals surface area contributed by atoms with E-state index in [4.69, 9.17) is 10.8 Å². The van der Waals surface area contributed by atoms with Crippen LogP contribution < -0.4 is 10.6 Å². The van der Waals surface area contributed by atoms with Crippen LogP contribution >= 0.6 is 0 Å². The Hall–Kier alpha value is -1.76. The van der Waals surface area contributed by atoms with Crippen molar-refractivity contribution in [1.29, 1.82) is 0 Å². The highest BCUT2D eigenvalue weighted by atomic mass is 19.4. The standard InChI is InChI=1S/C14H17F3N2O2/c15-14(16,17)12-6-11(4-3-10(12)8-20)19-5-1-2-9(7-19)13(18)21/h3-4,6,9,20H,1-2,5,7-8H2,(H2,18,21)/t9-/m1/s1. The zero-order chi connectivity index (χ0) is 15.6. The number of aliphatic hydroxyl groups excluding tert-OH is 1. The zero-order valence-corrected chi connectivity index (χ0v) is 11.4. The van der Waals surface area contributed by atoms with Crippen LogP contribution in [0.2, 0.25) is 0 Å². The van der Waals surface area contributed by atoms with E-state index in [-0.39, 0.29) is 11.5 Å². The lowest BCUT2D eigenvalue weighted by Crippen LogP contribution is -2.41. The van der Waals surface area contributed by atoms with Gasteiger partial charge in [0.05, 0.1) is 18.1 Å². The first-order valence-electron chi connectivity index (χ1n) is 6.68. The van der Waals surface area contributed by atoms with Crippen molar-refractivity contribution in [2.45, 2.75) is 25.6 Å². The minimum Gasteiger partial charge on any atom is -0.392 e. The predicted molar refractivity (Wildman–Crippen MR) is 71.5 cm³/mol. The summed E-state index contributed by atoms with van der Waals surface area (Å²) in [6, 6.07) is 3.82. The van der Waals surface area contributed by atoms with Gasteiger partial charge in [0, 0.05) is 18.8 Å². The van der Waals surface area contributed by atoms with Crippen LogP contribution in [0.4, 0.5) is 18.9 Å². The van der Waals surface area contributed by atoms with Crippen LogP contribution in [-0.4, -0.2) is 24.1 Å². The average Bonchev–Trinajstić information content (AvgIpc) is 2.45. The second kappa shape index (κ2) is 5.93. The molecular formula is C14H17F3N2O2. The van der Waals surface area contributed by atoms with Gasteiger partial charge in [-0.25, -0.2) is 0 Å². The zero-order valence-electron chi connectivity index (χ0n) is 11.4. The fourth-order valence-corrected chi connectivity index (χ4v) is 2.61. The Labute approximate surface area is 120 Å². The van der Waals surface area contributed by atoms with Crippen LogP contribution in [0.25, 0.3) is 0 Å². The number of amides is 1. The number of hydrogen-bond acceptors (Lipinski definition) is 3. The van der Waals surface area contributed by atoms with Gasteiger partial charge in [-0.1, -0.05) is 6.07 Å². The summed E-state index contributed by atoms with van der Waals surface area (Å²) < 4.78 is 39.0. The lowest BCUT2D eigenvalue weighted by molar-refractivity contribution is -0.138. The molecule has 1 fully saturated rings. The molecule has 1 amide bonds. The molecule has 2 rings (SSSR count). The van der Waals surface area contributed by atoms with Crippen molar-refractivity contribution < 1.29 is 23.1 Å². The lowest BCUT2D eigenvalue weighted by Gasteiger charge is -2.33. The molecule has 0 spiro atoms. The van der Waals surface area contributed by atoms with Crippen LogP contribution in [0.5, 0.6) is 0 Å². The summed E-state index contributed by atoms with van der Waals surface area (Å²) in [6.45, 7) is 0.240. The van der Waals surface area contributed by atoms with Crippen LogP contribution in [0.15, 0.2) is 18.2 Å². The van der Waals surface area contributed by atoms with Gasteiger partial charge in [0.2, 0.25) is 5.91 Å². The molecule has 0 bridgehead atoms. The first kappa shape index (κ1) is 15.6. The van der Waals surface area contributed by atoms with E-state index < -0.39 is 24.3 Å². The van der Waals surface area contributed by atoms with Crippen molar-refractivity contribution in [1.82, 2.24) is 0 Å². The number of nitrogens with zero attached hydrogens (tertiary/aromatic N) is 1. The van der Waals surface area contributed by atoms with E-state index >= 15 is 0 Å². The third kappa shape index (κ3) is 3.47. The lowest BCUT2D eigenvalue weighted by atomic mass is 9.96. The SMILES string of the molecule is NC(=O)[C@@H]1CCCN(c2ccc(CO)c(C(F)(F)F)c2)C1. The smallest absolute Gasteiger partial charge is 0.392 e. The van der Waals surface area contributed by atoms with E-state index in [2.05, 4.69) is 0 Å². The topological polar surface area (TPSA) is 66.6 Å². The molecule has 3 N–H and O–H groups in total. The number of nitrogens with two attached hydrogens (primary N) is 1. The highest BCUT2D eigenvalue weighted by molar-refractivity contribution is 5.77. The number of carbonyl (C=O) groups is 1. The summed E-state index contributed by atoms with van der Waals surface area (Å²) in [6.07, 6.45) is -3.16. The number of benzene rings is 1. The number of hydrogen-bond donors (Lipinski definition) is 2.